The second-order valence-electron chi connectivity index (χ2n) is 5.80. The Morgan fingerprint density at radius 2 is 2.00 bits per heavy atom. The third kappa shape index (κ3) is 6.60. The second-order valence-corrected chi connectivity index (χ2v) is 6.66. The number of oxime groups is 1. The summed E-state index contributed by atoms with van der Waals surface area (Å²) < 4.78 is 11.8. The maximum absolute atomic E-state index is 11.9. The first-order chi connectivity index (χ1) is 13.0. The highest BCUT2D eigenvalue weighted by Crippen LogP contribution is 2.36. The van der Waals surface area contributed by atoms with Crippen LogP contribution in [0.3, 0.4) is 0 Å². The lowest BCUT2D eigenvalue weighted by Crippen LogP contribution is -2.16. The Balaban J connectivity index is 1.90. The summed E-state index contributed by atoms with van der Waals surface area (Å²) in [6.45, 7) is 4.44. The summed E-state index contributed by atoms with van der Waals surface area (Å²) in [4.78, 5) is 16.9. The molecule has 1 N–H and O–H groups in total. The van der Waals surface area contributed by atoms with Crippen molar-refractivity contribution in [2.24, 2.45) is 5.16 Å². The minimum atomic E-state index is -0.280. The summed E-state index contributed by atoms with van der Waals surface area (Å²) >= 11 is 3.47. The van der Waals surface area contributed by atoms with Crippen LogP contribution in [0.1, 0.15) is 24.5 Å². The van der Waals surface area contributed by atoms with Crippen LogP contribution in [0.2, 0.25) is 0 Å². The number of carbonyl (C=O) groups is 1. The second kappa shape index (κ2) is 10.6. The summed E-state index contributed by atoms with van der Waals surface area (Å²) in [5.74, 6) is 0.962. The van der Waals surface area contributed by atoms with Gasteiger partial charge in [-0.15, -0.1) is 0 Å². The maximum Gasteiger partial charge on any atom is 0.265 e. The highest BCUT2D eigenvalue weighted by Gasteiger charge is 2.11. The summed E-state index contributed by atoms with van der Waals surface area (Å²) in [5, 5.41) is 6.58. The van der Waals surface area contributed by atoms with Crippen LogP contribution in [-0.4, -0.2) is 32.4 Å². The normalized spacial score (nSPS) is 10.7. The summed E-state index contributed by atoms with van der Waals surface area (Å²) in [6.07, 6.45) is 2.41. The fraction of sp³-hybridized carbons (Fsp3) is 0.300. The molecule has 0 saturated carbocycles. The minimum Gasteiger partial charge on any atom is -0.493 e. The van der Waals surface area contributed by atoms with Gasteiger partial charge < -0.3 is 19.6 Å². The van der Waals surface area contributed by atoms with E-state index in [1.807, 2.05) is 44.2 Å². The van der Waals surface area contributed by atoms with Crippen LogP contribution in [0.5, 0.6) is 11.5 Å². The molecule has 0 atom stereocenters. The first-order valence-corrected chi connectivity index (χ1v) is 9.35. The van der Waals surface area contributed by atoms with Gasteiger partial charge in [0.05, 0.1) is 24.4 Å². The molecule has 1 amide bonds. The van der Waals surface area contributed by atoms with Gasteiger partial charge in [0.2, 0.25) is 0 Å². The monoisotopic (exact) mass is 434 g/mol. The van der Waals surface area contributed by atoms with Gasteiger partial charge in [-0.05, 0) is 53.5 Å². The Kier molecular flexibility index (Phi) is 8.13. The minimum absolute atomic E-state index is 0.180. The van der Waals surface area contributed by atoms with Crippen LogP contribution in [0.15, 0.2) is 46.0 Å². The van der Waals surface area contributed by atoms with Crippen LogP contribution in [0, 0.1) is 6.92 Å². The van der Waals surface area contributed by atoms with Crippen molar-refractivity contribution in [1.29, 1.82) is 0 Å². The molecule has 0 spiro atoms. The fourth-order valence-corrected chi connectivity index (χ4v) is 2.76. The SMILES string of the molecule is CCCOc1c(Br)cc(/C=N/OCC(=O)Nc2ccc(C)cc2)cc1OC. The molecule has 7 heteroatoms. The molecule has 0 radical (unpaired) electrons. The number of anilines is 1. The van der Waals surface area contributed by atoms with Crippen LogP contribution in [-0.2, 0) is 9.63 Å². The number of rotatable bonds is 9. The van der Waals surface area contributed by atoms with E-state index in [1.54, 1.807) is 13.2 Å². The van der Waals surface area contributed by atoms with Gasteiger partial charge >= 0.3 is 0 Å². The molecule has 0 aliphatic heterocycles. The third-order valence-corrected chi connectivity index (χ3v) is 4.10. The average molecular weight is 435 g/mol. The first-order valence-electron chi connectivity index (χ1n) is 8.55. The zero-order chi connectivity index (χ0) is 19.6. The van der Waals surface area contributed by atoms with Gasteiger partial charge in [-0.25, -0.2) is 0 Å². The number of nitrogens with zero attached hydrogens (tertiary/aromatic N) is 1. The van der Waals surface area contributed by atoms with Gasteiger partial charge in [0, 0.05) is 11.3 Å². The Morgan fingerprint density at radius 3 is 2.67 bits per heavy atom. The molecule has 0 unspecified atom stereocenters. The van der Waals surface area contributed by atoms with Crippen molar-refractivity contribution in [2.45, 2.75) is 20.3 Å². The number of benzene rings is 2. The predicted octanol–water partition coefficient (Wildman–Crippen LogP) is 4.54. The van der Waals surface area contributed by atoms with Gasteiger partial charge in [-0.2, -0.15) is 0 Å². The summed E-state index contributed by atoms with van der Waals surface area (Å²) in [7, 11) is 1.58. The van der Waals surface area contributed by atoms with E-state index in [4.69, 9.17) is 14.3 Å². The van der Waals surface area contributed by atoms with Crippen molar-refractivity contribution in [3.63, 3.8) is 0 Å². The number of methoxy groups -OCH3 is 1. The molecule has 2 aromatic carbocycles. The zero-order valence-electron chi connectivity index (χ0n) is 15.6. The van der Waals surface area contributed by atoms with E-state index in [1.165, 1.54) is 6.21 Å². The highest BCUT2D eigenvalue weighted by atomic mass is 79.9. The van der Waals surface area contributed by atoms with Gasteiger partial charge in [-0.1, -0.05) is 29.8 Å². The molecule has 2 aromatic rings. The van der Waals surface area contributed by atoms with Crippen molar-refractivity contribution in [3.05, 3.63) is 52.0 Å². The number of amides is 1. The molecule has 2 rings (SSSR count). The van der Waals surface area contributed by atoms with Crippen LogP contribution < -0.4 is 14.8 Å². The van der Waals surface area contributed by atoms with Gasteiger partial charge in [-0.3, -0.25) is 4.79 Å². The smallest absolute Gasteiger partial charge is 0.265 e. The molecule has 0 bridgehead atoms. The Bertz CT molecular complexity index is 791. The van der Waals surface area contributed by atoms with Crippen molar-refractivity contribution in [3.8, 4) is 11.5 Å². The molecule has 0 saturated heterocycles. The van der Waals surface area contributed by atoms with Crippen molar-refractivity contribution >= 4 is 33.7 Å². The van der Waals surface area contributed by atoms with Crippen LogP contribution >= 0.6 is 15.9 Å². The summed E-state index contributed by atoms with van der Waals surface area (Å²) in [5.41, 5.74) is 2.59. The number of hydrogen-bond donors (Lipinski definition) is 1. The zero-order valence-corrected chi connectivity index (χ0v) is 17.2. The van der Waals surface area contributed by atoms with Crippen molar-refractivity contribution in [2.75, 3.05) is 25.6 Å². The largest absolute Gasteiger partial charge is 0.493 e. The predicted molar refractivity (Wildman–Crippen MR) is 110 cm³/mol. The molecule has 0 fully saturated rings. The van der Waals surface area contributed by atoms with Gasteiger partial charge in [0.25, 0.3) is 5.91 Å². The van der Waals surface area contributed by atoms with Crippen LogP contribution in [0.4, 0.5) is 5.69 Å². The molecule has 0 aliphatic carbocycles. The number of halogens is 1. The van der Waals surface area contributed by atoms with Crippen LogP contribution in [0.25, 0.3) is 0 Å². The lowest BCUT2D eigenvalue weighted by atomic mass is 10.2. The average Bonchev–Trinajstić information content (AvgIpc) is 2.66. The quantitative estimate of drug-likeness (QED) is 0.464. The number of ether oxygens (including phenoxy) is 2. The number of hydrogen-bond acceptors (Lipinski definition) is 5. The van der Waals surface area contributed by atoms with E-state index >= 15 is 0 Å². The number of aryl methyl sites for hydroxylation is 1. The van der Waals surface area contributed by atoms with Gasteiger partial charge in [0.1, 0.15) is 0 Å². The van der Waals surface area contributed by atoms with E-state index in [2.05, 4.69) is 26.4 Å². The molecular weight excluding hydrogens is 412 g/mol. The topological polar surface area (TPSA) is 69.2 Å². The first kappa shape index (κ1) is 20.8. The number of carbonyl (C=O) groups excluding carboxylic acids is 1. The maximum atomic E-state index is 11.9. The highest BCUT2D eigenvalue weighted by molar-refractivity contribution is 9.10. The molecule has 6 nitrogen and oxygen atoms in total. The standard InChI is InChI=1S/C20H23BrN2O4/c1-4-9-26-20-17(21)10-15(11-18(20)25-3)12-22-27-13-19(24)23-16-7-5-14(2)6-8-16/h5-8,10-12H,4,9,13H2,1-3H3,(H,23,24)/b22-12+. The van der Waals surface area contributed by atoms with Gasteiger partial charge in [0.15, 0.2) is 18.1 Å². The Labute approximate surface area is 167 Å². The fourth-order valence-electron chi connectivity index (χ4n) is 2.19. The molecule has 0 aliphatic rings. The molecule has 144 valence electrons. The van der Waals surface area contributed by atoms with E-state index in [9.17, 15) is 4.79 Å². The third-order valence-electron chi connectivity index (χ3n) is 3.51. The molecule has 0 heterocycles. The van der Waals surface area contributed by atoms with Crippen molar-refractivity contribution in [1.82, 2.24) is 0 Å². The van der Waals surface area contributed by atoms with E-state index < -0.39 is 0 Å². The van der Waals surface area contributed by atoms with E-state index in [0.29, 0.717) is 18.1 Å². The van der Waals surface area contributed by atoms with Crippen molar-refractivity contribution < 1.29 is 19.1 Å². The lowest BCUT2D eigenvalue weighted by Gasteiger charge is -2.12. The van der Waals surface area contributed by atoms with E-state index in [-0.39, 0.29) is 12.5 Å². The molecular formula is C20H23BrN2O4. The Morgan fingerprint density at radius 1 is 1.26 bits per heavy atom. The lowest BCUT2D eigenvalue weighted by molar-refractivity contribution is -0.120. The Hall–Kier alpha value is -2.54. The summed E-state index contributed by atoms with van der Waals surface area (Å²) in [6, 6.07) is 11.1. The number of nitrogens with one attached hydrogen (secondary N) is 1. The van der Waals surface area contributed by atoms with E-state index in [0.717, 1.165) is 27.7 Å². The molecule has 0 aromatic heterocycles. The molecule has 27 heavy (non-hydrogen) atoms.